The first-order valence-electron chi connectivity index (χ1n) is 11.1. The van der Waals surface area contributed by atoms with E-state index in [1.54, 1.807) is 6.08 Å². The summed E-state index contributed by atoms with van der Waals surface area (Å²) in [7, 11) is 0. The zero-order chi connectivity index (χ0) is 22.0. The molecular formula is C24H29N3O3S. The van der Waals surface area contributed by atoms with Gasteiger partial charge in [-0.15, -0.1) is 0 Å². The van der Waals surface area contributed by atoms with Gasteiger partial charge >= 0.3 is 0 Å². The molecule has 2 saturated heterocycles. The number of rotatable bonds is 6. The van der Waals surface area contributed by atoms with E-state index in [4.69, 9.17) is 0 Å². The minimum absolute atomic E-state index is 0.124. The van der Waals surface area contributed by atoms with E-state index in [2.05, 4.69) is 6.92 Å². The average molecular weight is 440 g/mol. The maximum atomic E-state index is 12.9. The fourth-order valence-electron chi connectivity index (χ4n) is 4.17. The van der Waals surface area contributed by atoms with E-state index in [0.717, 1.165) is 67.0 Å². The number of benzene rings is 1. The van der Waals surface area contributed by atoms with E-state index in [1.807, 2.05) is 46.9 Å². The number of carbonyl (C=O) groups is 3. The number of carbonyl (C=O) groups excluding carboxylic acids is 3. The van der Waals surface area contributed by atoms with Crippen LogP contribution in [-0.2, 0) is 16.1 Å². The van der Waals surface area contributed by atoms with Gasteiger partial charge in [-0.3, -0.25) is 19.3 Å². The van der Waals surface area contributed by atoms with E-state index >= 15 is 0 Å². The van der Waals surface area contributed by atoms with Gasteiger partial charge in [0.25, 0.3) is 11.1 Å². The van der Waals surface area contributed by atoms with Crippen LogP contribution < -0.4 is 0 Å². The predicted octanol–water partition coefficient (Wildman–Crippen LogP) is 4.74. The lowest BCUT2D eigenvalue weighted by Crippen LogP contribution is -2.39. The molecule has 0 N–H and O–H groups in total. The predicted molar refractivity (Wildman–Crippen MR) is 125 cm³/mol. The molecule has 6 nitrogen and oxygen atoms in total. The third-order valence-electron chi connectivity index (χ3n) is 6.16. The molecule has 2 aromatic rings. The van der Waals surface area contributed by atoms with Gasteiger partial charge in [-0.05, 0) is 49.1 Å². The van der Waals surface area contributed by atoms with Gasteiger partial charge in [0.1, 0.15) is 6.54 Å². The number of unbranched alkanes of at least 4 members (excludes halogenated alkanes) is 1. The first-order valence-corrected chi connectivity index (χ1v) is 11.9. The number of thioether (sulfide) groups is 1. The van der Waals surface area contributed by atoms with Gasteiger partial charge in [0.05, 0.1) is 4.91 Å². The molecule has 0 bridgehead atoms. The van der Waals surface area contributed by atoms with Gasteiger partial charge in [-0.25, -0.2) is 0 Å². The molecule has 2 fully saturated rings. The van der Waals surface area contributed by atoms with Gasteiger partial charge in [0.2, 0.25) is 5.91 Å². The van der Waals surface area contributed by atoms with Crippen LogP contribution in [0.2, 0.25) is 0 Å². The number of nitrogens with zero attached hydrogens (tertiary/aromatic N) is 3. The molecule has 4 rings (SSSR count). The summed E-state index contributed by atoms with van der Waals surface area (Å²) < 4.78 is 1.96. The van der Waals surface area contributed by atoms with Crippen molar-refractivity contribution in [2.45, 2.75) is 46.1 Å². The summed E-state index contributed by atoms with van der Waals surface area (Å²) in [6.07, 6.45) is 7.56. The third-order valence-corrected chi connectivity index (χ3v) is 7.06. The first-order chi connectivity index (χ1) is 15.0. The molecule has 0 aliphatic carbocycles. The van der Waals surface area contributed by atoms with Crippen LogP contribution in [-0.4, -0.2) is 51.1 Å². The third kappa shape index (κ3) is 4.56. The fourth-order valence-corrected chi connectivity index (χ4v) is 5.03. The van der Waals surface area contributed by atoms with Gasteiger partial charge in [0.15, 0.2) is 0 Å². The Labute approximate surface area is 187 Å². The van der Waals surface area contributed by atoms with E-state index in [9.17, 15) is 14.4 Å². The van der Waals surface area contributed by atoms with Crippen molar-refractivity contribution in [3.63, 3.8) is 0 Å². The number of hydrogen-bond donors (Lipinski definition) is 0. The van der Waals surface area contributed by atoms with Crippen molar-refractivity contribution < 1.29 is 14.4 Å². The lowest BCUT2D eigenvalue weighted by molar-refractivity contribution is -0.133. The molecule has 2 aliphatic heterocycles. The van der Waals surface area contributed by atoms with Crippen molar-refractivity contribution in [2.24, 2.45) is 5.92 Å². The second kappa shape index (κ2) is 9.30. The van der Waals surface area contributed by atoms with Crippen LogP contribution in [0.1, 0.15) is 45.1 Å². The van der Waals surface area contributed by atoms with Crippen molar-refractivity contribution in [1.82, 2.24) is 14.4 Å². The quantitative estimate of drug-likeness (QED) is 0.610. The van der Waals surface area contributed by atoms with Gasteiger partial charge in [0, 0.05) is 42.3 Å². The van der Waals surface area contributed by atoms with Crippen molar-refractivity contribution in [3.05, 3.63) is 40.9 Å². The zero-order valence-electron chi connectivity index (χ0n) is 18.2. The molecule has 0 atom stereocenters. The Morgan fingerprint density at radius 2 is 1.94 bits per heavy atom. The molecule has 1 aromatic heterocycles. The summed E-state index contributed by atoms with van der Waals surface area (Å²) in [5, 5.41) is 0.769. The van der Waals surface area contributed by atoms with E-state index in [1.165, 1.54) is 4.90 Å². The normalized spacial score (nSPS) is 19.2. The molecule has 3 amide bonds. The monoisotopic (exact) mass is 439 g/mol. The Morgan fingerprint density at radius 1 is 1.19 bits per heavy atom. The fraction of sp³-hybridized carbons (Fsp3) is 0.458. The van der Waals surface area contributed by atoms with E-state index < -0.39 is 0 Å². The molecule has 0 unspecified atom stereocenters. The number of hydrogen-bond acceptors (Lipinski definition) is 4. The number of piperidine rings is 1. The van der Waals surface area contributed by atoms with Crippen LogP contribution in [0.15, 0.2) is 35.4 Å². The van der Waals surface area contributed by atoms with Gasteiger partial charge < -0.3 is 9.47 Å². The lowest BCUT2D eigenvalue weighted by atomic mass is 9.99. The number of para-hydroxylation sites is 1. The molecule has 164 valence electrons. The largest absolute Gasteiger partial charge is 0.341 e. The smallest absolute Gasteiger partial charge is 0.293 e. The number of aromatic nitrogens is 1. The summed E-state index contributed by atoms with van der Waals surface area (Å²) in [6, 6.07) is 7.89. The highest BCUT2D eigenvalue weighted by atomic mass is 32.2. The van der Waals surface area contributed by atoms with Crippen LogP contribution in [0.25, 0.3) is 17.0 Å². The minimum Gasteiger partial charge on any atom is -0.341 e. The topological polar surface area (TPSA) is 62.6 Å². The average Bonchev–Trinajstić information content (AvgIpc) is 3.24. The Bertz CT molecular complexity index is 1030. The van der Waals surface area contributed by atoms with Gasteiger partial charge in [-0.1, -0.05) is 38.5 Å². The molecule has 31 heavy (non-hydrogen) atoms. The minimum atomic E-state index is -0.223. The molecular weight excluding hydrogens is 410 g/mol. The van der Waals surface area contributed by atoms with Gasteiger partial charge in [-0.2, -0.15) is 0 Å². The maximum absolute atomic E-state index is 12.9. The number of fused-ring (bicyclic) bond motifs is 1. The first kappa shape index (κ1) is 21.7. The zero-order valence-corrected chi connectivity index (χ0v) is 19.0. The number of imide groups is 1. The highest BCUT2D eigenvalue weighted by Gasteiger charge is 2.34. The molecule has 0 saturated carbocycles. The molecule has 0 radical (unpaired) electrons. The standard InChI is InChI=1S/C24H29N3O3S/c1-3-4-11-27-23(29)21(31-24(27)30)14-18-15-26(20-8-6-5-7-19(18)20)16-22(28)25-12-9-17(2)10-13-25/h5-8,14-15,17H,3-4,9-13,16H2,1-2H3/b21-14-. The van der Waals surface area contributed by atoms with E-state index in [0.29, 0.717) is 17.4 Å². The summed E-state index contributed by atoms with van der Waals surface area (Å²) >= 11 is 0.996. The molecule has 7 heteroatoms. The van der Waals surface area contributed by atoms with Crippen molar-refractivity contribution >= 4 is 45.8 Å². The summed E-state index contributed by atoms with van der Waals surface area (Å²) in [5.41, 5.74) is 1.81. The summed E-state index contributed by atoms with van der Waals surface area (Å²) in [5.74, 6) is 0.577. The Balaban J connectivity index is 1.59. The second-order valence-corrected chi connectivity index (χ2v) is 9.47. The van der Waals surface area contributed by atoms with Crippen LogP contribution in [0.3, 0.4) is 0 Å². The Hall–Kier alpha value is -2.54. The molecule has 3 heterocycles. The highest BCUT2D eigenvalue weighted by Crippen LogP contribution is 2.34. The van der Waals surface area contributed by atoms with Crippen LogP contribution in [0, 0.1) is 5.92 Å². The van der Waals surface area contributed by atoms with E-state index in [-0.39, 0.29) is 23.6 Å². The van der Waals surface area contributed by atoms with Crippen molar-refractivity contribution in [1.29, 1.82) is 0 Å². The lowest BCUT2D eigenvalue weighted by Gasteiger charge is -2.30. The Morgan fingerprint density at radius 3 is 2.68 bits per heavy atom. The van der Waals surface area contributed by atoms with Crippen LogP contribution in [0.5, 0.6) is 0 Å². The Kier molecular flexibility index (Phi) is 6.51. The summed E-state index contributed by atoms with van der Waals surface area (Å²) in [4.78, 5) is 41.6. The highest BCUT2D eigenvalue weighted by molar-refractivity contribution is 8.18. The SMILES string of the molecule is CCCCN1C(=O)S/C(=C\c2cn(CC(=O)N3CCC(C)CC3)c3ccccc23)C1=O. The van der Waals surface area contributed by atoms with Crippen molar-refractivity contribution in [3.8, 4) is 0 Å². The van der Waals surface area contributed by atoms with Crippen LogP contribution >= 0.6 is 11.8 Å². The van der Waals surface area contributed by atoms with Crippen molar-refractivity contribution in [2.75, 3.05) is 19.6 Å². The maximum Gasteiger partial charge on any atom is 0.293 e. The number of amides is 3. The second-order valence-electron chi connectivity index (χ2n) is 8.48. The molecule has 2 aliphatic rings. The molecule has 1 aromatic carbocycles. The number of likely N-dealkylation sites (tertiary alicyclic amines) is 1. The molecule has 0 spiro atoms. The van der Waals surface area contributed by atoms with Crippen LogP contribution in [0.4, 0.5) is 4.79 Å². The summed E-state index contributed by atoms with van der Waals surface area (Å²) in [6.45, 7) is 6.64.